The van der Waals surface area contributed by atoms with Crippen LogP contribution in [0.2, 0.25) is 0 Å². The number of nitrogens with zero attached hydrogens (tertiary/aromatic N) is 2. The normalized spacial score (nSPS) is 18.9. The van der Waals surface area contributed by atoms with Gasteiger partial charge in [0, 0.05) is 37.3 Å². The van der Waals surface area contributed by atoms with Crippen LogP contribution in [0.3, 0.4) is 0 Å². The van der Waals surface area contributed by atoms with E-state index in [1.54, 1.807) is 0 Å². The lowest BCUT2D eigenvalue weighted by Crippen LogP contribution is -2.22. The van der Waals surface area contributed by atoms with Crippen molar-refractivity contribution in [2.75, 3.05) is 18.5 Å². The van der Waals surface area contributed by atoms with E-state index in [9.17, 15) is 9.90 Å². The van der Waals surface area contributed by atoms with E-state index in [-0.39, 0.29) is 11.9 Å². The summed E-state index contributed by atoms with van der Waals surface area (Å²) in [6, 6.07) is 15.9. The summed E-state index contributed by atoms with van der Waals surface area (Å²) in [4.78, 5) is 16.6. The number of hydrogen-bond acceptors (Lipinski definition) is 4. The number of ether oxygens (including phenoxy) is 1. The van der Waals surface area contributed by atoms with Crippen LogP contribution < -0.4 is 5.32 Å². The number of rotatable bonds is 6. The number of nitrogens with one attached hydrogen (secondary N) is 1. The number of aromatic nitrogens is 2. The van der Waals surface area contributed by atoms with Gasteiger partial charge in [-0.15, -0.1) is 0 Å². The largest absolute Gasteiger partial charge is 0.388 e. The lowest BCUT2D eigenvalue weighted by molar-refractivity contribution is -0.117. The van der Waals surface area contributed by atoms with Gasteiger partial charge in [0.1, 0.15) is 0 Å². The van der Waals surface area contributed by atoms with Gasteiger partial charge in [-0.25, -0.2) is 4.98 Å². The summed E-state index contributed by atoms with van der Waals surface area (Å²) in [5.74, 6) is 0.438. The number of imidazole rings is 1. The molecular weight excluding hydrogens is 390 g/mol. The number of anilines is 1. The van der Waals surface area contributed by atoms with Gasteiger partial charge in [0.2, 0.25) is 5.91 Å². The van der Waals surface area contributed by atoms with E-state index in [0.29, 0.717) is 18.8 Å². The Kier molecular flexibility index (Phi) is 5.57. The number of aliphatic hydroxyl groups is 1. The lowest BCUT2D eigenvalue weighted by atomic mass is 9.95. The van der Waals surface area contributed by atoms with E-state index in [0.717, 1.165) is 43.0 Å². The van der Waals surface area contributed by atoms with Crippen LogP contribution in [-0.4, -0.2) is 33.8 Å². The van der Waals surface area contributed by atoms with E-state index in [1.165, 1.54) is 11.1 Å². The summed E-state index contributed by atoms with van der Waals surface area (Å²) in [7, 11) is 0. The van der Waals surface area contributed by atoms with E-state index >= 15 is 0 Å². The van der Waals surface area contributed by atoms with E-state index < -0.39 is 6.10 Å². The first kappa shape index (κ1) is 20.0. The molecule has 1 aromatic heterocycles. The van der Waals surface area contributed by atoms with Gasteiger partial charge in [-0.05, 0) is 42.0 Å². The molecule has 6 heteroatoms. The van der Waals surface area contributed by atoms with Crippen LogP contribution >= 0.6 is 0 Å². The molecule has 0 aliphatic carbocycles. The van der Waals surface area contributed by atoms with Crippen LogP contribution in [0.1, 0.15) is 49.0 Å². The number of amides is 1. The molecule has 1 amide bonds. The van der Waals surface area contributed by atoms with Crippen LogP contribution in [0.5, 0.6) is 0 Å². The van der Waals surface area contributed by atoms with E-state index in [1.807, 2.05) is 48.9 Å². The van der Waals surface area contributed by atoms with Crippen molar-refractivity contribution in [3.8, 4) is 11.3 Å². The SMILES string of the molecule is O=C(CC1CCOCC1)Nc1ccc(C(O)CC2c3ccccc3-c3cncn32)cc1. The summed E-state index contributed by atoms with van der Waals surface area (Å²) in [6.45, 7) is 1.49. The monoisotopic (exact) mass is 417 g/mol. The molecule has 1 saturated heterocycles. The number of hydrogen-bond donors (Lipinski definition) is 2. The average molecular weight is 418 g/mol. The molecule has 2 aliphatic rings. The second kappa shape index (κ2) is 8.65. The molecule has 1 fully saturated rings. The predicted molar refractivity (Wildman–Crippen MR) is 119 cm³/mol. The molecule has 0 saturated carbocycles. The minimum Gasteiger partial charge on any atom is -0.388 e. The summed E-state index contributed by atoms with van der Waals surface area (Å²) in [5.41, 5.74) is 5.09. The highest BCUT2D eigenvalue weighted by Crippen LogP contribution is 2.42. The second-order valence-electron chi connectivity index (χ2n) is 8.47. The molecule has 0 bridgehead atoms. The first-order chi connectivity index (χ1) is 15.2. The topological polar surface area (TPSA) is 76.4 Å². The van der Waals surface area contributed by atoms with Crippen molar-refractivity contribution in [2.45, 2.75) is 37.8 Å². The average Bonchev–Trinajstić information content (AvgIpc) is 3.38. The molecule has 2 unspecified atom stereocenters. The molecular formula is C25H27N3O3. The molecule has 3 aromatic rings. The Labute approximate surface area is 181 Å². The molecule has 160 valence electrons. The summed E-state index contributed by atoms with van der Waals surface area (Å²) in [5, 5.41) is 13.9. The lowest BCUT2D eigenvalue weighted by Gasteiger charge is -2.21. The third kappa shape index (κ3) is 4.13. The Morgan fingerprint density at radius 3 is 2.74 bits per heavy atom. The maximum Gasteiger partial charge on any atom is 0.224 e. The molecule has 2 atom stereocenters. The highest BCUT2D eigenvalue weighted by Gasteiger charge is 2.30. The Balaban J connectivity index is 1.23. The van der Waals surface area contributed by atoms with Crippen molar-refractivity contribution in [1.29, 1.82) is 0 Å². The minimum atomic E-state index is -0.613. The van der Waals surface area contributed by atoms with Crippen molar-refractivity contribution in [3.63, 3.8) is 0 Å². The quantitative estimate of drug-likeness (QED) is 0.626. The fourth-order valence-corrected chi connectivity index (χ4v) is 4.73. The minimum absolute atomic E-state index is 0.0374. The molecule has 3 heterocycles. The summed E-state index contributed by atoms with van der Waals surface area (Å²) < 4.78 is 7.49. The van der Waals surface area contributed by atoms with E-state index in [4.69, 9.17) is 4.74 Å². The highest BCUT2D eigenvalue weighted by atomic mass is 16.5. The van der Waals surface area contributed by atoms with Gasteiger partial charge < -0.3 is 19.7 Å². The highest BCUT2D eigenvalue weighted by molar-refractivity contribution is 5.90. The molecule has 6 nitrogen and oxygen atoms in total. The Hall–Kier alpha value is -2.96. The molecule has 2 aliphatic heterocycles. The zero-order chi connectivity index (χ0) is 21.2. The Bertz CT molecular complexity index is 1050. The molecule has 2 aromatic carbocycles. The predicted octanol–water partition coefficient (Wildman–Crippen LogP) is 4.33. The number of carbonyl (C=O) groups excluding carboxylic acids is 1. The zero-order valence-corrected chi connectivity index (χ0v) is 17.4. The zero-order valence-electron chi connectivity index (χ0n) is 17.4. The van der Waals surface area contributed by atoms with Crippen molar-refractivity contribution in [2.24, 2.45) is 5.92 Å². The molecule has 0 radical (unpaired) electrons. The van der Waals surface area contributed by atoms with Crippen LogP contribution in [0.15, 0.2) is 61.1 Å². The Morgan fingerprint density at radius 2 is 1.94 bits per heavy atom. The maximum absolute atomic E-state index is 12.3. The molecule has 5 rings (SSSR count). The Morgan fingerprint density at radius 1 is 1.16 bits per heavy atom. The van der Waals surface area contributed by atoms with Gasteiger partial charge in [-0.2, -0.15) is 0 Å². The molecule has 31 heavy (non-hydrogen) atoms. The third-order valence-corrected chi connectivity index (χ3v) is 6.44. The smallest absolute Gasteiger partial charge is 0.224 e. The van der Waals surface area contributed by atoms with Crippen LogP contribution in [0.4, 0.5) is 5.69 Å². The second-order valence-corrected chi connectivity index (χ2v) is 8.47. The number of carbonyl (C=O) groups is 1. The van der Waals surface area contributed by atoms with Crippen LogP contribution in [0.25, 0.3) is 11.3 Å². The maximum atomic E-state index is 12.3. The van der Waals surface area contributed by atoms with Crippen molar-refractivity contribution in [1.82, 2.24) is 9.55 Å². The number of aliphatic hydroxyl groups excluding tert-OH is 1. The van der Waals surface area contributed by atoms with Crippen molar-refractivity contribution in [3.05, 3.63) is 72.2 Å². The van der Waals surface area contributed by atoms with E-state index in [2.05, 4.69) is 27.0 Å². The van der Waals surface area contributed by atoms with Gasteiger partial charge in [0.25, 0.3) is 0 Å². The van der Waals surface area contributed by atoms with Crippen molar-refractivity contribution >= 4 is 11.6 Å². The van der Waals surface area contributed by atoms with Crippen LogP contribution in [0, 0.1) is 5.92 Å². The first-order valence-corrected chi connectivity index (χ1v) is 11.0. The first-order valence-electron chi connectivity index (χ1n) is 11.0. The van der Waals surface area contributed by atoms with Gasteiger partial charge in [0.15, 0.2) is 0 Å². The van der Waals surface area contributed by atoms with Gasteiger partial charge in [-0.1, -0.05) is 36.4 Å². The number of fused-ring (bicyclic) bond motifs is 3. The summed E-state index contributed by atoms with van der Waals surface area (Å²) >= 11 is 0. The van der Waals surface area contributed by atoms with Gasteiger partial charge in [0.05, 0.1) is 30.4 Å². The molecule has 0 spiro atoms. The van der Waals surface area contributed by atoms with Crippen molar-refractivity contribution < 1.29 is 14.6 Å². The fourth-order valence-electron chi connectivity index (χ4n) is 4.73. The third-order valence-electron chi connectivity index (χ3n) is 6.44. The number of benzene rings is 2. The fraction of sp³-hybridized carbons (Fsp3) is 0.360. The van der Waals surface area contributed by atoms with Crippen LogP contribution in [-0.2, 0) is 9.53 Å². The summed E-state index contributed by atoms with van der Waals surface area (Å²) in [6.07, 6.45) is 6.09. The standard InChI is InChI=1S/C25H27N3O3/c29-24(14-22-20-3-1-2-4-21(20)23-15-26-16-28(22)23)18-5-7-19(8-6-18)27-25(30)13-17-9-11-31-12-10-17/h1-8,15-17,22,24,29H,9-14H2,(H,27,30). The molecule has 2 N–H and O–H groups in total. The van der Waals surface area contributed by atoms with Gasteiger partial charge in [-0.3, -0.25) is 4.79 Å². The van der Waals surface area contributed by atoms with Gasteiger partial charge >= 0.3 is 0 Å².